The lowest BCUT2D eigenvalue weighted by molar-refractivity contribution is 0.0662. The van der Waals surface area contributed by atoms with E-state index in [1.165, 1.54) is 0 Å². The molecule has 32 heavy (non-hydrogen) atoms. The standard InChI is InChI=1S/C25H26N4O3/c1-25(2)22(16-7-4-3-5-8-16)29(24(31)32-25)19-13-11-18(12-14-19)28-20-10-6-9-17(15-26)21(20)27-23(28)30/h3-10,18-19,22H,11-14H2,1-2H3,(H,27,30). The predicted molar refractivity (Wildman–Crippen MR) is 120 cm³/mol. The Morgan fingerprint density at radius 1 is 1.00 bits per heavy atom. The Morgan fingerprint density at radius 3 is 2.38 bits per heavy atom. The zero-order valence-corrected chi connectivity index (χ0v) is 18.2. The number of aromatic nitrogens is 2. The van der Waals surface area contributed by atoms with Crippen LogP contribution in [0.15, 0.2) is 53.3 Å². The van der Waals surface area contributed by atoms with E-state index in [4.69, 9.17) is 4.74 Å². The molecule has 2 fully saturated rings. The minimum atomic E-state index is -0.614. The van der Waals surface area contributed by atoms with Crippen LogP contribution in [0.3, 0.4) is 0 Å². The molecule has 2 aliphatic rings. The Kier molecular flexibility index (Phi) is 4.81. The van der Waals surface area contributed by atoms with E-state index in [1.807, 2.05) is 61.2 Å². The summed E-state index contributed by atoms with van der Waals surface area (Å²) in [5, 5.41) is 9.36. The quantitative estimate of drug-likeness (QED) is 0.654. The molecule has 1 aliphatic carbocycles. The minimum absolute atomic E-state index is 0.0308. The zero-order valence-electron chi connectivity index (χ0n) is 18.2. The molecule has 0 bridgehead atoms. The van der Waals surface area contributed by atoms with Crippen LogP contribution in [0.4, 0.5) is 4.79 Å². The second kappa shape index (κ2) is 7.56. The molecule has 5 rings (SSSR count). The summed E-state index contributed by atoms with van der Waals surface area (Å²) in [7, 11) is 0. The van der Waals surface area contributed by atoms with Crippen LogP contribution in [0.1, 0.15) is 62.7 Å². The monoisotopic (exact) mass is 430 g/mol. The first-order valence-corrected chi connectivity index (χ1v) is 11.1. The number of carbonyl (C=O) groups is 1. The van der Waals surface area contributed by atoms with Crippen LogP contribution in [0.5, 0.6) is 0 Å². The van der Waals surface area contributed by atoms with Crippen molar-refractivity contribution >= 4 is 17.1 Å². The summed E-state index contributed by atoms with van der Waals surface area (Å²) in [6.07, 6.45) is 2.86. The number of ether oxygens (including phenoxy) is 1. The Morgan fingerprint density at radius 2 is 1.69 bits per heavy atom. The van der Waals surface area contributed by atoms with Crippen molar-refractivity contribution < 1.29 is 9.53 Å². The lowest BCUT2D eigenvalue weighted by atomic mass is 9.86. The Hall–Kier alpha value is -3.53. The number of hydrogen-bond donors (Lipinski definition) is 1. The number of cyclic esters (lactones) is 1. The molecule has 1 saturated carbocycles. The fourth-order valence-corrected chi connectivity index (χ4v) is 5.53. The average molecular weight is 431 g/mol. The molecule has 7 heteroatoms. The molecule has 2 heterocycles. The number of rotatable bonds is 3. The van der Waals surface area contributed by atoms with Gasteiger partial charge in [-0.15, -0.1) is 0 Å². The second-order valence-corrected chi connectivity index (χ2v) is 9.27. The van der Waals surface area contributed by atoms with Gasteiger partial charge in [-0.2, -0.15) is 5.26 Å². The summed E-state index contributed by atoms with van der Waals surface area (Å²) in [5.41, 5.74) is 2.10. The molecule has 1 atom stereocenters. The van der Waals surface area contributed by atoms with Gasteiger partial charge in [-0.3, -0.25) is 9.47 Å². The van der Waals surface area contributed by atoms with Crippen LogP contribution in [0.2, 0.25) is 0 Å². The van der Waals surface area contributed by atoms with Crippen LogP contribution in [-0.2, 0) is 4.74 Å². The highest BCUT2D eigenvalue weighted by Gasteiger charge is 2.51. The summed E-state index contributed by atoms with van der Waals surface area (Å²) in [6, 6.07) is 17.5. The zero-order chi connectivity index (χ0) is 22.5. The van der Waals surface area contributed by atoms with Crippen LogP contribution in [-0.4, -0.2) is 32.2 Å². The van der Waals surface area contributed by atoms with Crippen molar-refractivity contribution in [1.29, 1.82) is 5.26 Å². The molecule has 3 aromatic rings. The first-order valence-electron chi connectivity index (χ1n) is 11.1. The van der Waals surface area contributed by atoms with Crippen molar-refractivity contribution in [3.63, 3.8) is 0 Å². The molecule has 164 valence electrons. The molecule has 7 nitrogen and oxygen atoms in total. The number of amides is 1. The van der Waals surface area contributed by atoms with Crippen molar-refractivity contribution in [2.24, 2.45) is 0 Å². The maximum Gasteiger partial charge on any atom is 0.411 e. The van der Waals surface area contributed by atoms with Crippen molar-refractivity contribution in [3.8, 4) is 6.07 Å². The van der Waals surface area contributed by atoms with Gasteiger partial charge in [0.15, 0.2) is 0 Å². The first-order chi connectivity index (χ1) is 15.4. The molecule has 1 unspecified atom stereocenters. The van der Waals surface area contributed by atoms with Crippen molar-refractivity contribution in [2.75, 3.05) is 0 Å². The van der Waals surface area contributed by atoms with Crippen LogP contribution < -0.4 is 5.69 Å². The predicted octanol–water partition coefficient (Wildman–Crippen LogP) is 4.66. The number of imidazole rings is 1. The topological polar surface area (TPSA) is 91.1 Å². The van der Waals surface area contributed by atoms with E-state index in [0.29, 0.717) is 11.1 Å². The van der Waals surface area contributed by atoms with Gasteiger partial charge in [-0.05, 0) is 57.2 Å². The molecule has 1 N–H and O–H groups in total. The fourth-order valence-electron chi connectivity index (χ4n) is 5.53. The number of H-pyrrole nitrogens is 1. The molecule has 1 aliphatic heterocycles. The third-order valence-corrected chi connectivity index (χ3v) is 6.91. The highest BCUT2D eigenvalue weighted by molar-refractivity contribution is 5.81. The van der Waals surface area contributed by atoms with E-state index >= 15 is 0 Å². The molecular formula is C25H26N4O3. The summed E-state index contributed by atoms with van der Waals surface area (Å²) >= 11 is 0. The highest BCUT2D eigenvalue weighted by atomic mass is 16.6. The molecule has 1 saturated heterocycles. The van der Waals surface area contributed by atoms with E-state index in [1.54, 1.807) is 10.6 Å². The summed E-state index contributed by atoms with van der Waals surface area (Å²) in [4.78, 5) is 30.4. The molecule has 1 amide bonds. The van der Waals surface area contributed by atoms with Gasteiger partial charge in [-0.25, -0.2) is 9.59 Å². The average Bonchev–Trinajstić information content (AvgIpc) is 3.25. The van der Waals surface area contributed by atoms with E-state index in [-0.39, 0.29) is 29.9 Å². The lowest BCUT2D eigenvalue weighted by Crippen LogP contribution is -2.43. The highest BCUT2D eigenvalue weighted by Crippen LogP contribution is 2.45. The van der Waals surface area contributed by atoms with Crippen molar-refractivity contribution in [2.45, 2.75) is 63.3 Å². The number of aromatic amines is 1. The molecule has 0 radical (unpaired) electrons. The number of carbonyl (C=O) groups excluding carboxylic acids is 1. The SMILES string of the molecule is CC1(C)OC(=O)N(C2CCC(n3c(=O)[nH]c4c(C#N)cccc43)CC2)C1c1ccccc1. The van der Waals surface area contributed by atoms with Gasteiger partial charge in [0.25, 0.3) is 0 Å². The minimum Gasteiger partial charge on any atom is -0.441 e. The molecule has 0 spiro atoms. The number of benzene rings is 2. The number of nitrogens with one attached hydrogen (secondary N) is 1. The number of para-hydroxylation sites is 1. The van der Waals surface area contributed by atoms with Crippen LogP contribution in [0.25, 0.3) is 11.0 Å². The summed E-state index contributed by atoms with van der Waals surface area (Å²) < 4.78 is 7.56. The molecular weight excluding hydrogens is 404 g/mol. The van der Waals surface area contributed by atoms with Crippen LogP contribution in [0, 0.1) is 11.3 Å². The van der Waals surface area contributed by atoms with Gasteiger partial charge >= 0.3 is 11.8 Å². The lowest BCUT2D eigenvalue weighted by Gasteiger charge is -2.38. The van der Waals surface area contributed by atoms with Crippen LogP contribution >= 0.6 is 0 Å². The molecule has 2 aromatic carbocycles. The first kappa shape index (κ1) is 20.4. The number of fused-ring (bicyclic) bond motifs is 1. The maximum atomic E-state index is 12.9. The van der Waals surface area contributed by atoms with E-state index < -0.39 is 5.60 Å². The normalized spacial score (nSPS) is 25.0. The Balaban J connectivity index is 1.41. The fraction of sp³-hybridized carbons (Fsp3) is 0.400. The van der Waals surface area contributed by atoms with E-state index in [9.17, 15) is 14.9 Å². The van der Waals surface area contributed by atoms with E-state index in [2.05, 4.69) is 11.1 Å². The van der Waals surface area contributed by atoms with E-state index in [0.717, 1.165) is 36.8 Å². The smallest absolute Gasteiger partial charge is 0.411 e. The third kappa shape index (κ3) is 3.18. The Bertz CT molecular complexity index is 1260. The largest absolute Gasteiger partial charge is 0.441 e. The van der Waals surface area contributed by atoms with Gasteiger partial charge in [0.2, 0.25) is 0 Å². The van der Waals surface area contributed by atoms with Gasteiger partial charge in [0.05, 0.1) is 22.6 Å². The van der Waals surface area contributed by atoms with Crippen molar-refractivity contribution in [1.82, 2.24) is 14.5 Å². The number of hydrogen-bond acceptors (Lipinski definition) is 4. The Labute approximate surface area is 186 Å². The van der Waals surface area contributed by atoms with Gasteiger partial charge in [0.1, 0.15) is 11.7 Å². The summed E-state index contributed by atoms with van der Waals surface area (Å²) in [6.45, 7) is 3.93. The van der Waals surface area contributed by atoms with Gasteiger partial charge < -0.3 is 9.72 Å². The third-order valence-electron chi connectivity index (χ3n) is 6.91. The van der Waals surface area contributed by atoms with Gasteiger partial charge in [-0.1, -0.05) is 36.4 Å². The van der Waals surface area contributed by atoms with Gasteiger partial charge in [0, 0.05) is 12.1 Å². The second-order valence-electron chi connectivity index (χ2n) is 9.27. The number of nitrogens with zero attached hydrogens (tertiary/aromatic N) is 3. The molecule has 1 aromatic heterocycles. The van der Waals surface area contributed by atoms with Crippen molar-refractivity contribution in [3.05, 3.63) is 70.1 Å². The number of nitriles is 1. The maximum absolute atomic E-state index is 12.9. The summed E-state index contributed by atoms with van der Waals surface area (Å²) in [5.74, 6) is 0.